The minimum absolute atomic E-state index is 0.0321. The summed E-state index contributed by atoms with van der Waals surface area (Å²) in [7, 11) is 0. The summed E-state index contributed by atoms with van der Waals surface area (Å²) in [6.45, 7) is 8.32. The second kappa shape index (κ2) is 3.48. The molecule has 0 aliphatic carbocycles. The zero-order valence-electron chi connectivity index (χ0n) is 10.2. The molecule has 2 rings (SSSR count). The number of hydrogen-bond acceptors (Lipinski definition) is 1. The van der Waals surface area contributed by atoms with Gasteiger partial charge in [0.25, 0.3) is 0 Å². The van der Waals surface area contributed by atoms with Crippen molar-refractivity contribution in [3.8, 4) is 0 Å². The van der Waals surface area contributed by atoms with Gasteiger partial charge in [-0.3, -0.25) is 4.79 Å². The summed E-state index contributed by atoms with van der Waals surface area (Å²) in [5.74, 6) is 0. The molecule has 1 N–H and O–H groups in total. The Morgan fingerprint density at radius 1 is 1.19 bits per heavy atom. The van der Waals surface area contributed by atoms with Gasteiger partial charge in [0.15, 0.2) is 5.43 Å². The van der Waals surface area contributed by atoms with Crippen LogP contribution in [-0.4, -0.2) is 4.98 Å². The number of para-hydroxylation sites is 1. The minimum Gasteiger partial charge on any atom is -0.358 e. The van der Waals surface area contributed by atoms with Crippen molar-refractivity contribution < 1.29 is 0 Å². The number of aromatic amines is 1. The standard InChI is InChI=1S/C14H17NO/c1-9-6-5-7-10-11(16)8-12(14(2,3)4)15-13(9)10/h5-8H,1-4H3,(H,15,16). The van der Waals surface area contributed by atoms with E-state index in [1.165, 1.54) is 0 Å². The lowest BCUT2D eigenvalue weighted by Crippen LogP contribution is -2.17. The number of rotatable bonds is 0. The van der Waals surface area contributed by atoms with Gasteiger partial charge in [-0.1, -0.05) is 32.9 Å². The molecule has 0 spiro atoms. The molecule has 0 unspecified atom stereocenters. The summed E-state index contributed by atoms with van der Waals surface area (Å²) in [6.07, 6.45) is 0. The Labute approximate surface area is 95.3 Å². The average molecular weight is 215 g/mol. The summed E-state index contributed by atoms with van der Waals surface area (Å²) in [4.78, 5) is 15.4. The molecule has 84 valence electrons. The molecule has 0 bridgehead atoms. The number of nitrogens with one attached hydrogen (secondary N) is 1. The largest absolute Gasteiger partial charge is 0.358 e. The van der Waals surface area contributed by atoms with Gasteiger partial charge in [0.1, 0.15) is 0 Å². The second-order valence-electron chi connectivity index (χ2n) is 5.29. The topological polar surface area (TPSA) is 32.9 Å². The first-order valence-electron chi connectivity index (χ1n) is 5.53. The van der Waals surface area contributed by atoms with Crippen LogP contribution in [0, 0.1) is 6.92 Å². The molecule has 1 aromatic carbocycles. The van der Waals surface area contributed by atoms with E-state index < -0.39 is 0 Å². The molecule has 0 radical (unpaired) electrons. The van der Waals surface area contributed by atoms with Crippen molar-refractivity contribution in [2.75, 3.05) is 0 Å². The number of hydrogen-bond donors (Lipinski definition) is 1. The molecule has 0 saturated heterocycles. The van der Waals surface area contributed by atoms with Crippen LogP contribution in [0.3, 0.4) is 0 Å². The van der Waals surface area contributed by atoms with Crippen molar-refractivity contribution in [1.82, 2.24) is 4.98 Å². The van der Waals surface area contributed by atoms with Gasteiger partial charge in [-0.25, -0.2) is 0 Å². The Morgan fingerprint density at radius 3 is 2.50 bits per heavy atom. The number of pyridine rings is 1. The average Bonchev–Trinajstić information content (AvgIpc) is 2.18. The van der Waals surface area contributed by atoms with Crippen LogP contribution < -0.4 is 5.43 Å². The van der Waals surface area contributed by atoms with Crippen molar-refractivity contribution in [2.24, 2.45) is 0 Å². The lowest BCUT2D eigenvalue weighted by atomic mass is 9.91. The Balaban J connectivity index is 2.86. The molecule has 0 aliphatic rings. The molecular formula is C14H17NO. The van der Waals surface area contributed by atoms with Crippen LogP contribution in [0.5, 0.6) is 0 Å². The van der Waals surface area contributed by atoms with Gasteiger partial charge in [0, 0.05) is 22.6 Å². The highest BCUT2D eigenvalue weighted by Crippen LogP contribution is 2.21. The Kier molecular flexibility index (Phi) is 2.38. The van der Waals surface area contributed by atoms with Crippen molar-refractivity contribution in [3.05, 3.63) is 45.7 Å². The first kappa shape index (κ1) is 10.9. The van der Waals surface area contributed by atoms with E-state index in [1.54, 1.807) is 6.07 Å². The Hall–Kier alpha value is -1.57. The second-order valence-corrected chi connectivity index (χ2v) is 5.29. The summed E-state index contributed by atoms with van der Waals surface area (Å²) < 4.78 is 0. The number of aryl methyl sites for hydroxylation is 1. The third-order valence-electron chi connectivity index (χ3n) is 2.88. The highest BCUT2D eigenvalue weighted by molar-refractivity contribution is 5.81. The molecule has 2 nitrogen and oxygen atoms in total. The Bertz CT molecular complexity index is 588. The van der Waals surface area contributed by atoms with Crippen molar-refractivity contribution in [2.45, 2.75) is 33.1 Å². The quantitative estimate of drug-likeness (QED) is 0.719. The van der Waals surface area contributed by atoms with Crippen LogP contribution in [0.25, 0.3) is 10.9 Å². The molecule has 16 heavy (non-hydrogen) atoms. The van der Waals surface area contributed by atoms with E-state index in [-0.39, 0.29) is 10.8 Å². The van der Waals surface area contributed by atoms with Crippen LogP contribution in [0.2, 0.25) is 0 Å². The number of H-pyrrole nitrogens is 1. The van der Waals surface area contributed by atoms with Gasteiger partial charge in [-0.2, -0.15) is 0 Å². The molecule has 0 aliphatic heterocycles. The first-order chi connectivity index (χ1) is 7.39. The fraction of sp³-hybridized carbons (Fsp3) is 0.357. The van der Waals surface area contributed by atoms with E-state index in [9.17, 15) is 4.79 Å². The van der Waals surface area contributed by atoms with E-state index in [4.69, 9.17) is 0 Å². The maximum absolute atomic E-state index is 12.0. The van der Waals surface area contributed by atoms with Crippen molar-refractivity contribution in [3.63, 3.8) is 0 Å². The van der Waals surface area contributed by atoms with Crippen LogP contribution in [0.15, 0.2) is 29.1 Å². The molecular weight excluding hydrogens is 198 g/mol. The van der Waals surface area contributed by atoms with Gasteiger partial charge < -0.3 is 4.98 Å². The smallest absolute Gasteiger partial charge is 0.189 e. The van der Waals surface area contributed by atoms with Crippen LogP contribution in [0.4, 0.5) is 0 Å². The lowest BCUT2D eigenvalue weighted by molar-refractivity contribution is 0.571. The van der Waals surface area contributed by atoms with Crippen LogP contribution >= 0.6 is 0 Å². The molecule has 2 aromatic rings. The molecule has 1 aromatic heterocycles. The van der Waals surface area contributed by atoms with Gasteiger partial charge in [-0.05, 0) is 18.6 Å². The van der Waals surface area contributed by atoms with Gasteiger partial charge in [0.05, 0.1) is 5.52 Å². The van der Waals surface area contributed by atoms with Crippen molar-refractivity contribution in [1.29, 1.82) is 0 Å². The molecule has 0 atom stereocenters. The summed E-state index contributed by atoms with van der Waals surface area (Å²) in [5.41, 5.74) is 3.12. The normalized spacial score (nSPS) is 12.0. The molecule has 1 heterocycles. The summed E-state index contributed by atoms with van der Waals surface area (Å²) >= 11 is 0. The SMILES string of the molecule is Cc1cccc2c(=O)cc(C(C)(C)C)[nH]c12. The van der Waals surface area contributed by atoms with Crippen LogP contribution in [-0.2, 0) is 5.41 Å². The minimum atomic E-state index is -0.0321. The van der Waals surface area contributed by atoms with Crippen LogP contribution in [0.1, 0.15) is 32.0 Å². The zero-order chi connectivity index (χ0) is 11.9. The van der Waals surface area contributed by atoms with Gasteiger partial charge >= 0.3 is 0 Å². The maximum Gasteiger partial charge on any atom is 0.189 e. The molecule has 0 amide bonds. The third-order valence-corrected chi connectivity index (χ3v) is 2.88. The van der Waals surface area contributed by atoms with E-state index in [0.717, 1.165) is 22.2 Å². The molecule has 0 saturated carbocycles. The van der Waals surface area contributed by atoms with E-state index in [2.05, 4.69) is 25.8 Å². The number of aromatic nitrogens is 1. The Morgan fingerprint density at radius 2 is 1.88 bits per heavy atom. The predicted octanol–water partition coefficient (Wildman–Crippen LogP) is 3.13. The number of benzene rings is 1. The summed E-state index contributed by atoms with van der Waals surface area (Å²) in [6, 6.07) is 7.52. The van der Waals surface area contributed by atoms with Gasteiger partial charge in [-0.15, -0.1) is 0 Å². The fourth-order valence-corrected chi connectivity index (χ4v) is 1.82. The third kappa shape index (κ3) is 1.75. The first-order valence-corrected chi connectivity index (χ1v) is 5.53. The lowest BCUT2D eigenvalue weighted by Gasteiger charge is -2.19. The van der Waals surface area contributed by atoms with Crippen molar-refractivity contribution >= 4 is 10.9 Å². The summed E-state index contributed by atoms with van der Waals surface area (Å²) in [5, 5.41) is 0.771. The maximum atomic E-state index is 12.0. The molecule has 2 heteroatoms. The zero-order valence-corrected chi connectivity index (χ0v) is 10.2. The fourth-order valence-electron chi connectivity index (χ4n) is 1.82. The van der Waals surface area contributed by atoms with E-state index in [1.807, 2.05) is 25.1 Å². The van der Waals surface area contributed by atoms with E-state index >= 15 is 0 Å². The number of fused-ring (bicyclic) bond motifs is 1. The molecule has 0 fully saturated rings. The monoisotopic (exact) mass is 215 g/mol. The van der Waals surface area contributed by atoms with Gasteiger partial charge in [0.2, 0.25) is 0 Å². The van der Waals surface area contributed by atoms with E-state index in [0.29, 0.717) is 0 Å². The highest BCUT2D eigenvalue weighted by atomic mass is 16.1. The predicted molar refractivity (Wildman–Crippen MR) is 68.0 cm³/mol. The highest BCUT2D eigenvalue weighted by Gasteiger charge is 2.16.